The van der Waals surface area contributed by atoms with E-state index in [2.05, 4.69) is 41.2 Å². The van der Waals surface area contributed by atoms with Crippen molar-refractivity contribution in [3.8, 4) is 11.5 Å². The topological polar surface area (TPSA) is 67.8 Å². The molecule has 1 aliphatic heterocycles. The van der Waals surface area contributed by atoms with Crippen LogP contribution in [0.1, 0.15) is 36.3 Å². The van der Waals surface area contributed by atoms with Gasteiger partial charge in [-0.05, 0) is 45.6 Å². The lowest BCUT2D eigenvalue weighted by molar-refractivity contribution is -0.138. The Hall–Kier alpha value is -1.41. The van der Waals surface area contributed by atoms with Crippen molar-refractivity contribution >= 4 is 45.3 Å². The maximum Gasteiger partial charge on any atom is 0.321 e. The number of ether oxygens (including phenoxy) is 2. The maximum absolute atomic E-state index is 11.3. The molecule has 2 unspecified atom stereocenters. The fourth-order valence-electron chi connectivity index (χ4n) is 3.11. The average Bonchev–Trinajstić information content (AvgIpc) is 3.16. The van der Waals surface area contributed by atoms with E-state index in [1.165, 1.54) is 11.8 Å². The van der Waals surface area contributed by atoms with Gasteiger partial charge >= 0.3 is 5.97 Å². The number of halogens is 2. The SMILES string of the molecule is CC(C)c1ccccc1OCCOc1c(Br)cc(Cl)cc1C1NC(C(=O)O)CS1. The highest BCUT2D eigenvalue weighted by atomic mass is 79.9. The van der Waals surface area contributed by atoms with Crippen molar-refractivity contribution in [2.75, 3.05) is 19.0 Å². The van der Waals surface area contributed by atoms with Crippen molar-refractivity contribution < 1.29 is 19.4 Å². The Morgan fingerprint density at radius 2 is 2.03 bits per heavy atom. The molecule has 8 heteroatoms. The summed E-state index contributed by atoms with van der Waals surface area (Å²) >= 11 is 11.3. The van der Waals surface area contributed by atoms with Crippen molar-refractivity contribution in [2.24, 2.45) is 0 Å². The summed E-state index contributed by atoms with van der Waals surface area (Å²) in [6, 6.07) is 11.0. The summed E-state index contributed by atoms with van der Waals surface area (Å²) in [7, 11) is 0. The number of carboxylic acids is 1. The highest BCUT2D eigenvalue weighted by Crippen LogP contribution is 2.42. The molecule has 5 nitrogen and oxygen atoms in total. The van der Waals surface area contributed by atoms with Gasteiger partial charge in [0, 0.05) is 16.3 Å². The van der Waals surface area contributed by atoms with Crippen LogP contribution in [0, 0.1) is 0 Å². The van der Waals surface area contributed by atoms with Gasteiger partial charge in [0.25, 0.3) is 0 Å². The Labute approximate surface area is 188 Å². The fraction of sp³-hybridized carbons (Fsp3) is 0.381. The molecule has 2 aromatic carbocycles. The first-order valence-electron chi connectivity index (χ1n) is 9.30. The highest BCUT2D eigenvalue weighted by Gasteiger charge is 2.32. The summed E-state index contributed by atoms with van der Waals surface area (Å²) in [5.74, 6) is 1.50. The summed E-state index contributed by atoms with van der Waals surface area (Å²) in [5, 5.41) is 12.7. The first-order chi connectivity index (χ1) is 13.9. The molecule has 0 amide bonds. The number of nitrogens with one attached hydrogen (secondary N) is 1. The second-order valence-electron chi connectivity index (χ2n) is 6.97. The average molecular weight is 501 g/mol. The monoisotopic (exact) mass is 499 g/mol. The third-order valence-electron chi connectivity index (χ3n) is 4.53. The minimum Gasteiger partial charge on any atom is -0.490 e. The Morgan fingerprint density at radius 1 is 1.31 bits per heavy atom. The number of thioether (sulfide) groups is 1. The lowest BCUT2D eigenvalue weighted by Gasteiger charge is -2.19. The fourth-order valence-corrected chi connectivity index (χ4v) is 5.29. The van der Waals surface area contributed by atoms with Crippen LogP contribution in [0.25, 0.3) is 0 Å². The van der Waals surface area contributed by atoms with E-state index in [0.29, 0.717) is 35.7 Å². The van der Waals surface area contributed by atoms with Gasteiger partial charge in [0.15, 0.2) is 0 Å². The number of rotatable bonds is 8. The Morgan fingerprint density at radius 3 is 2.72 bits per heavy atom. The van der Waals surface area contributed by atoms with Gasteiger partial charge in [-0.3, -0.25) is 10.1 Å². The third kappa shape index (κ3) is 5.60. The molecule has 1 aliphatic rings. The second-order valence-corrected chi connectivity index (χ2v) is 9.40. The van der Waals surface area contributed by atoms with Gasteiger partial charge < -0.3 is 14.6 Å². The molecule has 0 aliphatic carbocycles. The van der Waals surface area contributed by atoms with E-state index in [1.54, 1.807) is 6.07 Å². The Kier molecular flexibility index (Phi) is 7.73. The normalized spacial score (nSPS) is 18.8. The molecule has 2 aromatic rings. The van der Waals surface area contributed by atoms with Gasteiger partial charge in [0.1, 0.15) is 30.8 Å². The molecule has 0 radical (unpaired) electrons. The van der Waals surface area contributed by atoms with E-state index in [-0.39, 0.29) is 5.37 Å². The number of carboxylic acid groups (broad SMARTS) is 1. The van der Waals surface area contributed by atoms with Crippen molar-refractivity contribution in [3.63, 3.8) is 0 Å². The summed E-state index contributed by atoms with van der Waals surface area (Å²) < 4.78 is 12.7. The van der Waals surface area contributed by atoms with Crippen LogP contribution in [-0.4, -0.2) is 36.1 Å². The minimum absolute atomic E-state index is 0.205. The predicted molar refractivity (Wildman–Crippen MR) is 120 cm³/mol. The molecule has 2 atom stereocenters. The Bertz CT molecular complexity index is 880. The van der Waals surface area contributed by atoms with Crippen LogP contribution in [0.3, 0.4) is 0 Å². The van der Waals surface area contributed by atoms with Crippen molar-refractivity contribution in [3.05, 3.63) is 57.0 Å². The van der Waals surface area contributed by atoms with Crippen LogP contribution < -0.4 is 14.8 Å². The number of para-hydroxylation sites is 1. The summed E-state index contributed by atoms with van der Waals surface area (Å²) in [4.78, 5) is 11.3. The standard InChI is InChI=1S/C21H23BrClNO4S/c1-12(2)14-5-3-4-6-18(14)27-7-8-28-19-15(9-13(23)10-16(19)22)20-24-17(11-29-20)21(25)26/h3-6,9-10,12,17,20,24H,7-8,11H2,1-2H3,(H,25,26). The molecule has 2 N–H and O–H groups in total. The molecular formula is C21H23BrClNO4S. The molecule has 1 heterocycles. The number of aliphatic carboxylic acids is 1. The lowest BCUT2D eigenvalue weighted by atomic mass is 10.0. The van der Waals surface area contributed by atoms with Crippen LogP contribution in [0.2, 0.25) is 5.02 Å². The molecule has 0 bridgehead atoms. The minimum atomic E-state index is -0.860. The van der Waals surface area contributed by atoms with Gasteiger partial charge in [0.05, 0.1) is 9.85 Å². The number of carbonyl (C=O) groups is 1. The third-order valence-corrected chi connectivity index (χ3v) is 6.58. The zero-order valence-electron chi connectivity index (χ0n) is 16.2. The summed E-state index contributed by atoms with van der Waals surface area (Å²) in [5.41, 5.74) is 1.98. The van der Waals surface area contributed by atoms with Gasteiger partial charge in [0.2, 0.25) is 0 Å². The zero-order chi connectivity index (χ0) is 21.0. The van der Waals surface area contributed by atoms with Crippen LogP contribution in [0.5, 0.6) is 11.5 Å². The van der Waals surface area contributed by atoms with E-state index in [0.717, 1.165) is 21.3 Å². The van der Waals surface area contributed by atoms with E-state index < -0.39 is 12.0 Å². The number of hydrogen-bond acceptors (Lipinski definition) is 5. The smallest absolute Gasteiger partial charge is 0.321 e. The predicted octanol–water partition coefficient (Wildman–Crippen LogP) is 5.47. The van der Waals surface area contributed by atoms with Crippen LogP contribution in [0.15, 0.2) is 40.9 Å². The van der Waals surface area contributed by atoms with E-state index >= 15 is 0 Å². The molecule has 156 valence electrons. The second kappa shape index (κ2) is 10.1. The van der Waals surface area contributed by atoms with Crippen LogP contribution in [-0.2, 0) is 4.79 Å². The largest absolute Gasteiger partial charge is 0.490 e. The lowest BCUT2D eigenvalue weighted by Crippen LogP contribution is -2.33. The molecule has 1 saturated heterocycles. The van der Waals surface area contributed by atoms with E-state index in [1.807, 2.05) is 24.3 Å². The first kappa shape index (κ1) is 22.3. The van der Waals surface area contributed by atoms with Gasteiger partial charge in [-0.25, -0.2) is 0 Å². The van der Waals surface area contributed by atoms with Crippen molar-refractivity contribution in [1.82, 2.24) is 5.32 Å². The van der Waals surface area contributed by atoms with Crippen molar-refractivity contribution in [1.29, 1.82) is 0 Å². The van der Waals surface area contributed by atoms with Gasteiger partial charge in [-0.15, -0.1) is 11.8 Å². The van der Waals surface area contributed by atoms with Gasteiger partial charge in [-0.2, -0.15) is 0 Å². The molecule has 0 saturated carbocycles. The first-order valence-corrected chi connectivity index (χ1v) is 11.5. The molecule has 1 fully saturated rings. The highest BCUT2D eigenvalue weighted by molar-refractivity contribution is 9.10. The number of hydrogen-bond donors (Lipinski definition) is 2. The van der Waals surface area contributed by atoms with Crippen LogP contribution in [0.4, 0.5) is 0 Å². The van der Waals surface area contributed by atoms with Crippen LogP contribution >= 0.6 is 39.3 Å². The number of benzene rings is 2. The molecule has 0 spiro atoms. The molecule has 29 heavy (non-hydrogen) atoms. The Balaban J connectivity index is 1.68. The van der Waals surface area contributed by atoms with Crippen molar-refractivity contribution in [2.45, 2.75) is 31.2 Å². The van der Waals surface area contributed by atoms with E-state index in [9.17, 15) is 9.90 Å². The van der Waals surface area contributed by atoms with Gasteiger partial charge in [-0.1, -0.05) is 43.6 Å². The molecule has 0 aromatic heterocycles. The quantitative estimate of drug-likeness (QED) is 0.468. The summed E-state index contributed by atoms with van der Waals surface area (Å²) in [6.45, 7) is 5.00. The molecule has 3 rings (SSSR count). The summed E-state index contributed by atoms with van der Waals surface area (Å²) in [6.07, 6.45) is 0. The zero-order valence-corrected chi connectivity index (χ0v) is 19.3. The van der Waals surface area contributed by atoms with E-state index in [4.69, 9.17) is 21.1 Å². The maximum atomic E-state index is 11.3. The molecular weight excluding hydrogens is 478 g/mol.